The van der Waals surface area contributed by atoms with Gasteiger partial charge in [-0.3, -0.25) is 9.69 Å². The van der Waals surface area contributed by atoms with Crippen LogP contribution in [-0.4, -0.2) is 36.7 Å². The minimum absolute atomic E-state index is 0.0594. The molecule has 0 N–H and O–H groups in total. The van der Waals surface area contributed by atoms with Crippen LogP contribution in [0.5, 0.6) is 5.75 Å². The number of carbonyl (C=O) groups is 1. The Labute approximate surface area is 205 Å². The summed E-state index contributed by atoms with van der Waals surface area (Å²) in [5, 5.41) is 0.800. The Hall–Kier alpha value is -2.28. The summed E-state index contributed by atoms with van der Waals surface area (Å²) >= 11 is 0. The first-order valence-corrected chi connectivity index (χ1v) is 12.9. The van der Waals surface area contributed by atoms with E-state index >= 15 is 0 Å². The van der Waals surface area contributed by atoms with Gasteiger partial charge in [-0.2, -0.15) is 13.2 Å². The summed E-state index contributed by atoms with van der Waals surface area (Å²) in [5.41, 5.74) is -0.0152. The topological polar surface area (TPSA) is 38.8 Å². The summed E-state index contributed by atoms with van der Waals surface area (Å²) in [6.45, 7) is 6.20. The predicted octanol–water partition coefficient (Wildman–Crippen LogP) is 6.98. The van der Waals surface area contributed by atoms with Gasteiger partial charge in [-0.15, -0.1) is 0 Å². The number of benzene rings is 2. The Morgan fingerprint density at radius 2 is 1.86 bits per heavy atom. The van der Waals surface area contributed by atoms with Gasteiger partial charge in [0.2, 0.25) is 0 Å². The molecule has 4 rings (SSSR count). The van der Waals surface area contributed by atoms with Gasteiger partial charge in [0.1, 0.15) is 11.3 Å². The Kier molecular flexibility index (Phi) is 8.25. The molecule has 192 valence electrons. The SMILES string of the molecule is CCOC(=O)C[C@H]1CCCN(Cc2cccc3ccc(OC4CCC(C)CC4)c(C(F)(F)F)c23)C1. The van der Waals surface area contributed by atoms with Crippen LogP contribution in [0.4, 0.5) is 13.2 Å². The number of piperidine rings is 1. The highest BCUT2D eigenvalue weighted by molar-refractivity contribution is 5.91. The quantitative estimate of drug-likeness (QED) is 0.392. The van der Waals surface area contributed by atoms with Crippen LogP contribution in [0.2, 0.25) is 0 Å². The van der Waals surface area contributed by atoms with Gasteiger partial charge in [-0.05, 0) is 80.8 Å². The maximum Gasteiger partial charge on any atom is 0.420 e. The molecule has 1 heterocycles. The van der Waals surface area contributed by atoms with E-state index in [9.17, 15) is 18.0 Å². The lowest BCUT2D eigenvalue weighted by Crippen LogP contribution is -2.36. The molecule has 2 fully saturated rings. The number of carbonyl (C=O) groups excluding carboxylic acids is 1. The fourth-order valence-corrected chi connectivity index (χ4v) is 5.63. The largest absolute Gasteiger partial charge is 0.490 e. The van der Waals surface area contributed by atoms with Gasteiger partial charge in [0.15, 0.2) is 0 Å². The highest BCUT2D eigenvalue weighted by atomic mass is 19.4. The maximum atomic E-state index is 14.5. The van der Waals surface area contributed by atoms with E-state index in [2.05, 4.69) is 11.8 Å². The molecule has 4 nitrogen and oxygen atoms in total. The monoisotopic (exact) mass is 491 g/mol. The van der Waals surface area contributed by atoms with Crippen LogP contribution in [0, 0.1) is 11.8 Å². The lowest BCUT2D eigenvalue weighted by Gasteiger charge is -2.33. The number of likely N-dealkylation sites (tertiary alicyclic amines) is 1. The molecule has 0 unspecified atom stereocenters. The zero-order chi connectivity index (χ0) is 25.0. The minimum Gasteiger partial charge on any atom is -0.490 e. The third-order valence-electron chi connectivity index (χ3n) is 7.39. The van der Waals surface area contributed by atoms with E-state index < -0.39 is 11.7 Å². The van der Waals surface area contributed by atoms with Crippen molar-refractivity contribution in [3.63, 3.8) is 0 Å². The van der Waals surface area contributed by atoms with Crippen molar-refractivity contribution in [2.45, 2.75) is 77.6 Å². The van der Waals surface area contributed by atoms with Crippen molar-refractivity contribution in [2.24, 2.45) is 11.8 Å². The minimum atomic E-state index is -4.53. The first-order valence-electron chi connectivity index (χ1n) is 12.9. The van der Waals surface area contributed by atoms with Crippen LogP contribution in [0.3, 0.4) is 0 Å². The summed E-state index contributed by atoms with van der Waals surface area (Å²) in [5.74, 6) is 0.489. The van der Waals surface area contributed by atoms with Crippen LogP contribution >= 0.6 is 0 Å². The number of nitrogens with zero attached hydrogens (tertiary/aromatic N) is 1. The summed E-state index contributed by atoms with van der Waals surface area (Å²) in [6.07, 6.45) is 1.02. The van der Waals surface area contributed by atoms with Crippen molar-refractivity contribution in [2.75, 3.05) is 19.7 Å². The molecular formula is C28H36F3NO3. The molecule has 0 spiro atoms. The van der Waals surface area contributed by atoms with E-state index in [0.29, 0.717) is 43.0 Å². The number of fused-ring (bicyclic) bond motifs is 1. The number of hydrogen-bond acceptors (Lipinski definition) is 4. The predicted molar refractivity (Wildman–Crippen MR) is 130 cm³/mol. The molecule has 0 bridgehead atoms. The second-order valence-electron chi connectivity index (χ2n) is 10.2. The molecule has 7 heteroatoms. The fourth-order valence-electron chi connectivity index (χ4n) is 5.63. The second kappa shape index (κ2) is 11.2. The number of ether oxygens (including phenoxy) is 2. The Balaban J connectivity index is 1.61. The van der Waals surface area contributed by atoms with E-state index in [4.69, 9.17) is 9.47 Å². The van der Waals surface area contributed by atoms with E-state index in [-0.39, 0.29) is 29.1 Å². The lowest BCUT2D eigenvalue weighted by atomic mass is 9.89. The third kappa shape index (κ3) is 6.49. The molecule has 0 aromatic heterocycles. The van der Waals surface area contributed by atoms with Gasteiger partial charge in [-0.1, -0.05) is 31.2 Å². The van der Waals surface area contributed by atoms with Crippen LogP contribution in [0.1, 0.15) is 69.9 Å². The third-order valence-corrected chi connectivity index (χ3v) is 7.39. The summed E-state index contributed by atoms with van der Waals surface area (Å²) in [7, 11) is 0. The van der Waals surface area contributed by atoms with Crippen molar-refractivity contribution in [1.82, 2.24) is 4.90 Å². The summed E-state index contributed by atoms with van der Waals surface area (Å²) in [4.78, 5) is 14.1. The van der Waals surface area contributed by atoms with Gasteiger partial charge in [0, 0.05) is 24.9 Å². The van der Waals surface area contributed by atoms with Gasteiger partial charge in [-0.25, -0.2) is 0 Å². The number of alkyl halides is 3. The number of rotatable bonds is 7. The average molecular weight is 492 g/mol. The molecule has 2 aromatic carbocycles. The Bertz CT molecular complexity index is 1010. The van der Waals surface area contributed by atoms with Crippen LogP contribution in [0.25, 0.3) is 10.8 Å². The molecular weight excluding hydrogens is 455 g/mol. The van der Waals surface area contributed by atoms with E-state index in [1.54, 1.807) is 25.1 Å². The number of halogens is 3. The standard InChI is InChI=1S/C28H36F3NO3/c1-3-34-25(33)16-20-6-5-15-32(17-20)18-22-8-4-7-21-11-14-24(27(26(21)22)28(29,30)31)35-23-12-9-19(2)10-13-23/h4,7-8,11,14,19-20,23H,3,5-6,9-10,12-13,15-18H2,1-2H3/t19?,20-,23?/m1/s1. The van der Waals surface area contributed by atoms with Crippen molar-refractivity contribution in [3.05, 3.63) is 41.5 Å². The van der Waals surface area contributed by atoms with Gasteiger partial charge >= 0.3 is 12.1 Å². The van der Waals surface area contributed by atoms with Gasteiger partial charge in [0.05, 0.1) is 12.7 Å². The molecule has 0 radical (unpaired) electrons. The first kappa shape index (κ1) is 25.8. The van der Waals surface area contributed by atoms with Crippen molar-refractivity contribution in [3.8, 4) is 5.75 Å². The molecule has 35 heavy (non-hydrogen) atoms. The van der Waals surface area contributed by atoms with Crippen LogP contribution < -0.4 is 4.74 Å². The normalized spacial score (nSPS) is 23.9. The number of esters is 1. The zero-order valence-corrected chi connectivity index (χ0v) is 20.7. The maximum absolute atomic E-state index is 14.5. The number of hydrogen-bond donors (Lipinski definition) is 0. The summed E-state index contributed by atoms with van der Waals surface area (Å²) < 4.78 is 54.6. The van der Waals surface area contributed by atoms with Crippen LogP contribution in [-0.2, 0) is 22.3 Å². The first-order chi connectivity index (χ1) is 16.7. The summed E-state index contributed by atoms with van der Waals surface area (Å²) in [6, 6.07) is 8.58. The Morgan fingerprint density at radius 1 is 1.09 bits per heavy atom. The highest BCUT2D eigenvalue weighted by Crippen LogP contribution is 2.44. The van der Waals surface area contributed by atoms with Gasteiger partial charge in [0.25, 0.3) is 0 Å². The van der Waals surface area contributed by atoms with E-state index in [0.717, 1.165) is 45.1 Å². The molecule has 2 aromatic rings. The van der Waals surface area contributed by atoms with Crippen molar-refractivity contribution in [1.29, 1.82) is 0 Å². The zero-order valence-electron chi connectivity index (χ0n) is 20.7. The fraction of sp³-hybridized carbons (Fsp3) is 0.607. The lowest BCUT2D eigenvalue weighted by molar-refractivity contribution is -0.144. The van der Waals surface area contributed by atoms with Crippen molar-refractivity contribution < 1.29 is 27.4 Å². The van der Waals surface area contributed by atoms with Crippen molar-refractivity contribution >= 4 is 16.7 Å². The van der Waals surface area contributed by atoms with Crippen LogP contribution in [0.15, 0.2) is 30.3 Å². The molecule has 2 aliphatic rings. The molecule has 0 amide bonds. The molecule has 1 saturated carbocycles. The smallest absolute Gasteiger partial charge is 0.420 e. The molecule has 1 aliphatic heterocycles. The molecule has 1 atom stereocenters. The molecule has 1 saturated heterocycles. The average Bonchev–Trinajstić information content (AvgIpc) is 2.80. The van der Waals surface area contributed by atoms with E-state index in [1.165, 1.54) is 6.07 Å². The van der Waals surface area contributed by atoms with Gasteiger partial charge < -0.3 is 9.47 Å². The Morgan fingerprint density at radius 3 is 2.57 bits per heavy atom. The highest BCUT2D eigenvalue weighted by Gasteiger charge is 2.38. The molecule has 1 aliphatic carbocycles. The second-order valence-corrected chi connectivity index (χ2v) is 10.2. The van der Waals surface area contributed by atoms with E-state index in [1.807, 2.05) is 6.07 Å².